The minimum absolute atomic E-state index is 0.104. The largest absolute Gasteiger partial charge is 0.458 e. The van der Waals surface area contributed by atoms with Gasteiger partial charge in [0.05, 0.1) is 0 Å². The van der Waals surface area contributed by atoms with Gasteiger partial charge in [0, 0.05) is 12.3 Å². The van der Waals surface area contributed by atoms with Gasteiger partial charge in [-0.15, -0.1) is 0 Å². The molecule has 0 fully saturated rings. The second-order valence-corrected chi connectivity index (χ2v) is 3.71. The second-order valence-electron chi connectivity index (χ2n) is 2.92. The van der Waals surface area contributed by atoms with Crippen molar-refractivity contribution in [3.63, 3.8) is 0 Å². The number of halogens is 1. The van der Waals surface area contributed by atoms with Crippen molar-refractivity contribution in [3.8, 4) is 0 Å². The molecule has 0 spiro atoms. The van der Waals surface area contributed by atoms with Gasteiger partial charge in [0.2, 0.25) is 0 Å². The first-order valence-electron chi connectivity index (χ1n) is 4.56. The molecule has 1 atom stereocenters. The van der Waals surface area contributed by atoms with Gasteiger partial charge in [-0.25, -0.2) is 0 Å². The highest BCUT2D eigenvalue weighted by atomic mass is 79.9. The molecule has 0 saturated carbocycles. The average Bonchev–Trinajstić information content (AvgIpc) is 2.09. The first-order chi connectivity index (χ1) is 6.20. The van der Waals surface area contributed by atoms with Crippen LogP contribution in [0.25, 0.3) is 0 Å². The molecule has 1 unspecified atom stereocenters. The highest BCUT2D eigenvalue weighted by Gasteiger charge is 2.06. The normalized spacial score (nSPS) is 12.2. The Hall–Kier alpha value is -0.310. The Bertz CT molecular complexity index is 157. The van der Waals surface area contributed by atoms with Crippen molar-refractivity contribution in [2.45, 2.75) is 38.7 Å². The molecule has 0 aromatic heterocycles. The maximum absolute atomic E-state index is 10.6. The van der Waals surface area contributed by atoms with E-state index in [1.807, 2.05) is 0 Å². The van der Waals surface area contributed by atoms with E-state index in [4.69, 9.17) is 4.74 Å². The van der Waals surface area contributed by atoms with Crippen molar-refractivity contribution < 1.29 is 9.53 Å². The van der Waals surface area contributed by atoms with Crippen molar-refractivity contribution >= 4 is 21.9 Å². The maximum atomic E-state index is 10.6. The summed E-state index contributed by atoms with van der Waals surface area (Å²) in [5.74, 6) is -0.231. The topological polar surface area (TPSA) is 26.3 Å². The number of carbonyl (C=O) groups excluding carboxylic acids is 1. The molecule has 2 nitrogen and oxygen atoms in total. The van der Waals surface area contributed by atoms with E-state index in [1.54, 1.807) is 6.08 Å². The number of carbonyl (C=O) groups is 1. The average molecular weight is 249 g/mol. The van der Waals surface area contributed by atoms with Gasteiger partial charge in [-0.1, -0.05) is 35.0 Å². The molecule has 0 aliphatic rings. The van der Waals surface area contributed by atoms with Crippen LogP contribution in [0.1, 0.15) is 32.6 Å². The van der Waals surface area contributed by atoms with E-state index in [2.05, 4.69) is 22.5 Å². The van der Waals surface area contributed by atoms with Crippen molar-refractivity contribution in [2.24, 2.45) is 0 Å². The Kier molecular flexibility index (Phi) is 8.10. The molecule has 0 heterocycles. The summed E-state index contributed by atoms with van der Waals surface area (Å²) in [7, 11) is 0. The number of esters is 1. The number of hydrogen-bond donors (Lipinski definition) is 0. The van der Waals surface area contributed by atoms with Crippen LogP contribution in [0.5, 0.6) is 0 Å². The molecule has 13 heavy (non-hydrogen) atoms. The number of hydrogen-bond acceptors (Lipinski definition) is 2. The van der Waals surface area contributed by atoms with Gasteiger partial charge in [-0.3, -0.25) is 4.79 Å². The van der Waals surface area contributed by atoms with E-state index in [1.165, 1.54) is 13.3 Å². The van der Waals surface area contributed by atoms with Crippen LogP contribution in [-0.2, 0) is 9.53 Å². The molecule has 0 aromatic carbocycles. The maximum Gasteiger partial charge on any atom is 0.303 e. The molecule has 0 radical (unpaired) electrons. The van der Waals surface area contributed by atoms with Crippen LogP contribution in [0.15, 0.2) is 12.7 Å². The minimum atomic E-state index is -0.231. The highest BCUT2D eigenvalue weighted by molar-refractivity contribution is 9.09. The molecule has 0 N–H and O–H groups in total. The van der Waals surface area contributed by atoms with Crippen molar-refractivity contribution in [2.75, 3.05) is 5.33 Å². The van der Waals surface area contributed by atoms with Crippen LogP contribution in [0, 0.1) is 0 Å². The van der Waals surface area contributed by atoms with Crippen LogP contribution < -0.4 is 0 Å². The van der Waals surface area contributed by atoms with Gasteiger partial charge in [-0.05, 0) is 19.3 Å². The van der Waals surface area contributed by atoms with Gasteiger partial charge in [0.15, 0.2) is 0 Å². The highest BCUT2D eigenvalue weighted by Crippen LogP contribution is 2.08. The fraction of sp³-hybridized carbons (Fsp3) is 0.700. The molecular formula is C10H17BrO2. The molecule has 0 saturated heterocycles. The van der Waals surface area contributed by atoms with Crippen molar-refractivity contribution in [1.82, 2.24) is 0 Å². The lowest BCUT2D eigenvalue weighted by atomic mass is 10.1. The monoisotopic (exact) mass is 248 g/mol. The smallest absolute Gasteiger partial charge is 0.303 e. The third kappa shape index (κ3) is 8.03. The Morgan fingerprint density at radius 1 is 1.54 bits per heavy atom. The zero-order valence-corrected chi connectivity index (χ0v) is 9.68. The standard InChI is InChI=1S/C10H17BrO2/c1-3-10(13-9(2)12)7-5-4-6-8-11/h3,10H,1,4-8H2,2H3. The predicted octanol–water partition coefficient (Wildman–Crippen LogP) is 3.06. The molecule has 0 bridgehead atoms. The summed E-state index contributed by atoms with van der Waals surface area (Å²) in [6, 6.07) is 0. The van der Waals surface area contributed by atoms with E-state index < -0.39 is 0 Å². The van der Waals surface area contributed by atoms with Crippen LogP contribution in [0.2, 0.25) is 0 Å². The van der Waals surface area contributed by atoms with E-state index in [0.717, 1.165) is 24.6 Å². The molecule has 0 aliphatic carbocycles. The lowest BCUT2D eigenvalue weighted by Gasteiger charge is -2.11. The number of unbranched alkanes of at least 4 members (excludes halogenated alkanes) is 2. The van der Waals surface area contributed by atoms with Gasteiger partial charge < -0.3 is 4.74 Å². The quantitative estimate of drug-likeness (QED) is 0.300. The Morgan fingerprint density at radius 2 is 2.23 bits per heavy atom. The van der Waals surface area contributed by atoms with Crippen molar-refractivity contribution in [1.29, 1.82) is 0 Å². The number of alkyl halides is 1. The summed E-state index contributed by atoms with van der Waals surface area (Å²) >= 11 is 3.37. The fourth-order valence-corrected chi connectivity index (χ4v) is 1.45. The summed E-state index contributed by atoms with van der Waals surface area (Å²) in [6.07, 6.45) is 5.88. The van der Waals surface area contributed by atoms with Gasteiger partial charge in [-0.2, -0.15) is 0 Å². The SMILES string of the molecule is C=CC(CCCCCBr)OC(C)=O. The summed E-state index contributed by atoms with van der Waals surface area (Å²) < 4.78 is 5.01. The first kappa shape index (κ1) is 12.7. The minimum Gasteiger partial charge on any atom is -0.458 e. The second kappa shape index (κ2) is 8.30. The summed E-state index contributed by atoms with van der Waals surface area (Å²) in [6.45, 7) is 5.05. The molecule has 0 amide bonds. The van der Waals surface area contributed by atoms with Gasteiger partial charge in [0.25, 0.3) is 0 Å². The Morgan fingerprint density at radius 3 is 2.69 bits per heavy atom. The third-order valence-corrected chi connectivity index (χ3v) is 2.26. The van der Waals surface area contributed by atoms with E-state index in [-0.39, 0.29) is 12.1 Å². The number of ether oxygens (including phenoxy) is 1. The van der Waals surface area contributed by atoms with Crippen LogP contribution in [0.3, 0.4) is 0 Å². The van der Waals surface area contributed by atoms with Crippen LogP contribution in [-0.4, -0.2) is 17.4 Å². The zero-order valence-electron chi connectivity index (χ0n) is 8.09. The molecule has 0 aliphatic heterocycles. The lowest BCUT2D eigenvalue weighted by molar-refractivity contribution is -0.144. The number of rotatable bonds is 7. The van der Waals surface area contributed by atoms with E-state index >= 15 is 0 Å². The third-order valence-electron chi connectivity index (χ3n) is 1.70. The fourth-order valence-electron chi connectivity index (χ4n) is 1.05. The van der Waals surface area contributed by atoms with Gasteiger partial charge >= 0.3 is 5.97 Å². The molecular weight excluding hydrogens is 232 g/mol. The van der Waals surface area contributed by atoms with E-state index in [9.17, 15) is 4.79 Å². The van der Waals surface area contributed by atoms with Crippen LogP contribution in [0.4, 0.5) is 0 Å². The summed E-state index contributed by atoms with van der Waals surface area (Å²) in [5, 5.41) is 1.04. The predicted molar refractivity (Wildman–Crippen MR) is 58.0 cm³/mol. The Balaban J connectivity index is 3.48. The lowest BCUT2D eigenvalue weighted by Crippen LogP contribution is -2.13. The molecule has 0 aromatic rings. The zero-order chi connectivity index (χ0) is 10.1. The van der Waals surface area contributed by atoms with Crippen LogP contribution >= 0.6 is 15.9 Å². The summed E-state index contributed by atoms with van der Waals surface area (Å²) in [4.78, 5) is 10.6. The molecule has 76 valence electrons. The van der Waals surface area contributed by atoms with E-state index in [0.29, 0.717) is 0 Å². The molecule has 3 heteroatoms. The summed E-state index contributed by atoms with van der Waals surface area (Å²) in [5.41, 5.74) is 0. The molecule has 0 rings (SSSR count). The Labute approximate surface area is 88.5 Å². The van der Waals surface area contributed by atoms with Crippen molar-refractivity contribution in [3.05, 3.63) is 12.7 Å². The first-order valence-corrected chi connectivity index (χ1v) is 5.68. The van der Waals surface area contributed by atoms with Gasteiger partial charge in [0.1, 0.15) is 6.10 Å².